The first kappa shape index (κ1) is 28.2. The molecule has 204 valence electrons. The van der Waals surface area contributed by atoms with Gasteiger partial charge in [-0.3, -0.25) is 14.8 Å². The average molecular weight is 563 g/mol. The van der Waals surface area contributed by atoms with Gasteiger partial charge in [-0.15, -0.1) is 0 Å². The molecule has 0 spiro atoms. The maximum Gasteiger partial charge on any atom is 0.451 e. The van der Waals surface area contributed by atoms with Crippen molar-refractivity contribution in [3.63, 3.8) is 0 Å². The Labute approximate surface area is 221 Å². The molecule has 0 amide bonds. The fourth-order valence-corrected chi connectivity index (χ4v) is 6.09. The van der Waals surface area contributed by atoms with Crippen molar-refractivity contribution >= 4 is 21.5 Å². The molecule has 0 saturated carbocycles. The van der Waals surface area contributed by atoms with Crippen LogP contribution in [0, 0.1) is 13.5 Å². The fourth-order valence-electron chi connectivity index (χ4n) is 4.34. The summed E-state index contributed by atoms with van der Waals surface area (Å²) >= 11 is 0. The van der Waals surface area contributed by atoms with Gasteiger partial charge in [0, 0.05) is 43.2 Å². The van der Waals surface area contributed by atoms with Crippen LogP contribution in [0.25, 0.3) is 16.1 Å². The number of alkyl halides is 4. The van der Waals surface area contributed by atoms with E-state index in [2.05, 4.69) is 24.8 Å². The Morgan fingerprint density at radius 3 is 2.41 bits per heavy atom. The summed E-state index contributed by atoms with van der Waals surface area (Å²) in [5, 5.41) is -0.387. The van der Waals surface area contributed by atoms with Gasteiger partial charge in [-0.1, -0.05) is 6.07 Å². The first-order chi connectivity index (χ1) is 18.3. The summed E-state index contributed by atoms with van der Waals surface area (Å²) < 4.78 is 80.5. The van der Waals surface area contributed by atoms with Crippen molar-refractivity contribution in [1.29, 1.82) is 0 Å². The first-order valence-electron chi connectivity index (χ1n) is 11.7. The van der Waals surface area contributed by atoms with Gasteiger partial charge >= 0.3 is 6.18 Å². The van der Waals surface area contributed by atoms with E-state index in [4.69, 9.17) is 6.57 Å². The number of carbonyl (C=O) groups is 1. The largest absolute Gasteiger partial charge is 0.451 e. The van der Waals surface area contributed by atoms with Crippen LogP contribution in [0.2, 0.25) is 0 Å². The van der Waals surface area contributed by atoms with Crippen LogP contribution in [0.4, 0.5) is 23.2 Å². The Hall–Kier alpha value is -3.83. The number of hydrogen-bond donors (Lipinski definition) is 0. The highest BCUT2D eigenvalue weighted by Gasteiger charge is 2.49. The fraction of sp³-hybridized carbons (Fsp3) is 0.360. The van der Waals surface area contributed by atoms with Crippen LogP contribution >= 0.6 is 0 Å². The molecule has 3 aromatic rings. The number of nitrogens with zero attached hydrogens (tertiary/aromatic N) is 6. The highest BCUT2D eigenvalue weighted by molar-refractivity contribution is 7.89. The molecule has 4 rings (SSSR count). The van der Waals surface area contributed by atoms with Crippen molar-refractivity contribution in [3.05, 3.63) is 71.4 Å². The van der Waals surface area contributed by atoms with Gasteiger partial charge in [0.25, 0.3) is 10.0 Å². The van der Waals surface area contributed by atoms with Gasteiger partial charge in [0.1, 0.15) is 6.17 Å². The summed E-state index contributed by atoms with van der Waals surface area (Å²) in [6.07, 6.45) is -1.90. The van der Waals surface area contributed by atoms with Crippen molar-refractivity contribution in [1.82, 2.24) is 24.2 Å². The Balaban J connectivity index is 1.53. The van der Waals surface area contributed by atoms with Crippen LogP contribution in [0.1, 0.15) is 36.7 Å². The molecule has 1 aliphatic rings. The summed E-state index contributed by atoms with van der Waals surface area (Å²) in [7, 11) is -4.33. The van der Waals surface area contributed by atoms with E-state index in [1.54, 1.807) is 13.0 Å². The van der Waals surface area contributed by atoms with E-state index in [1.165, 1.54) is 19.2 Å². The minimum absolute atomic E-state index is 0.117. The molecule has 0 aliphatic carbocycles. The number of Topliss-reactive ketones (excluding diaryl/α,β-unsaturated/α-hetero) is 1. The molecule has 9 nitrogen and oxygen atoms in total. The summed E-state index contributed by atoms with van der Waals surface area (Å²) in [6, 6.07) is 1.69. The molecule has 0 unspecified atom stereocenters. The number of halogens is 4. The van der Waals surface area contributed by atoms with Gasteiger partial charge in [0.2, 0.25) is 11.5 Å². The van der Waals surface area contributed by atoms with E-state index < -0.39 is 46.1 Å². The summed E-state index contributed by atoms with van der Waals surface area (Å²) in [4.78, 5) is 31.1. The molecule has 4 heterocycles. The minimum atomic E-state index is -4.68. The molecule has 1 saturated heterocycles. The standard InChI is InChI=1S/C25H22F4N6O3S/c1-14-10-31-20(17-11-33-24(34-12-17)25(27,28)29)8-16(14)4-6-22(36)21-9-19(26)15(2)35(21)39(37,38)23-7-5-18(30-3)13-32-23/h5,7-8,10-13,15,19,21H,4,6,9H2,1-2H3/t15-,19+,21-/m0/s1. The number of ketones is 1. The van der Waals surface area contributed by atoms with E-state index in [-0.39, 0.29) is 35.5 Å². The lowest BCUT2D eigenvalue weighted by Crippen LogP contribution is -2.44. The lowest BCUT2D eigenvalue weighted by Gasteiger charge is -2.26. The second kappa shape index (κ2) is 10.7. The maximum atomic E-state index is 14.7. The maximum absolute atomic E-state index is 14.7. The van der Waals surface area contributed by atoms with Gasteiger partial charge in [-0.25, -0.2) is 27.6 Å². The van der Waals surface area contributed by atoms with Gasteiger partial charge in [0.05, 0.1) is 24.3 Å². The van der Waals surface area contributed by atoms with Gasteiger partial charge in [0.15, 0.2) is 10.8 Å². The third-order valence-corrected chi connectivity index (χ3v) is 8.41. The van der Waals surface area contributed by atoms with Gasteiger partial charge in [-0.05, 0) is 43.5 Å². The van der Waals surface area contributed by atoms with Crippen molar-refractivity contribution < 1.29 is 30.8 Å². The third-order valence-electron chi connectivity index (χ3n) is 6.50. The number of hydrogen-bond acceptors (Lipinski definition) is 7. The SMILES string of the molecule is [C-]#[N+]c1ccc(S(=O)(=O)N2[C@H](C(=O)CCc3cc(-c4cnc(C(F)(F)F)nc4)ncc3C)C[C@@H](F)[C@@H]2C)nc1. The summed E-state index contributed by atoms with van der Waals surface area (Å²) in [6.45, 7) is 10.1. The first-order valence-corrected chi connectivity index (χ1v) is 13.2. The molecular formula is C25H22F4N6O3S. The molecule has 0 radical (unpaired) electrons. The smallest absolute Gasteiger partial charge is 0.298 e. The second-order valence-electron chi connectivity index (χ2n) is 9.06. The lowest BCUT2D eigenvalue weighted by molar-refractivity contribution is -0.145. The monoisotopic (exact) mass is 562 g/mol. The van der Waals surface area contributed by atoms with Crippen LogP contribution in [0.3, 0.4) is 0 Å². The Morgan fingerprint density at radius 2 is 1.82 bits per heavy atom. The number of aromatic nitrogens is 4. The highest BCUT2D eigenvalue weighted by Crippen LogP contribution is 2.34. The summed E-state index contributed by atoms with van der Waals surface area (Å²) in [5.41, 5.74) is 2.04. The second-order valence-corrected chi connectivity index (χ2v) is 10.9. The average Bonchev–Trinajstić information content (AvgIpc) is 3.22. The van der Waals surface area contributed by atoms with Crippen LogP contribution in [-0.4, -0.2) is 56.7 Å². The van der Waals surface area contributed by atoms with E-state index in [0.29, 0.717) is 16.8 Å². The zero-order valence-electron chi connectivity index (χ0n) is 20.7. The normalized spacial score (nSPS) is 20.1. The topological polar surface area (TPSA) is 110 Å². The highest BCUT2D eigenvalue weighted by atomic mass is 32.2. The molecule has 0 N–H and O–H groups in total. The van der Waals surface area contributed by atoms with Crippen molar-refractivity contribution in [3.8, 4) is 11.3 Å². The minimum Gasteiger partial charge on any atom is -0.298 e. The van der Waals surface area contributed by atoms with Crippen molar-refractivity contribution in [2.45, 2.75) is 62.6 Å². The number of carbonyl (C=O) groups excluding carboxylic acids is 1. The third kappa shape index (κ3) is 5.79. The Kier molecular flexibility index (Phi) is 7.76. The zero-order valence-corrected chi connectivity index (χ0v) is 21.5. The van der Waals surface area contributed by atoms with Crippen LogP contribution in [-0.2, 0) is 27.4 Å². The van der Waals surface area contributed by atoms with Crippen LogP contribution in [0.15, 0.2) is 48.0 Å². The molecular weight excluding hydrogens is 540 g/mol. The number of sulfonamides is 1. The Morgan fingerprint density at radius 1 is 1.13 bits per heavy atom. The van der Waals surface area contributed by atoms with Crippen molar-refractivity contribution in [2.75, 3.05) is 0 Å². The molecule has 1 aliphatic heterocycles. The summed E-state index contributed by atoms with van der Waals surface area (Å²) in [5.74, 6) is -1.77. The van der Waals surface area contributed by atoms with E-state index >= 15 is 0 Å². The number of rotatable bonds is 7. The molecule has 0 bridgehead atoms. The van der Waals surface area contributed by atoms with Crippen LogP contribution < -0.4 is 0 Å². The molecule has 0 aromatic carbocycles. The van der Waals surface area contributed by atoms with E-state index in [0.717, 1.165) is 29.0 Å². The molecule has 3 atom stereocenters. The van der Waals surface area contributed by atoms with E-state index in [1.807, 2.05) is 0 Å². The zero-order chi connectivity index (χ0) is 28.5. The Bertz CT molecular complexity index is 1520. The molecule has 39 heavy (non-hydrogen) atoms. The quantitative estimate of drug-likeness (QED) is 0.308. The predicted octanol–water partition coefficient (Wildman–Crippen LogP) is 4.50. The molecule has 14 heteroatoms. The predicted molar refractivity (Wildman–Crippen MR) is 131 cm³/mol. The van der Waals surface area contributed by atoms with Crippen LogP contribution in [0.5, 0.6) is 0 Å². The van der Waals surface area contributed by atoms with Crippen molar-refractivity contribution in [2.24, 2.45) is 0 Å². The molecule has 3 aromatic heterocycles. The molecule has 1 fully saturated rings. The van der Waals surface area contributed by atoms with Gasteiger partial charge < -0.3 is 0 Å². The number of aryl methyl sites for hydroxylation is 2. The lowest BCUT2D eigenvalue weighted by atomic mass is 9.99. The van der Waals surface area contributed by atoms with Gasteiger partial charge in [-0.2, -0.15) is 17.5 Å². The van der Waals surface area contributed by atoms with E-state index in [9.17, 15) is 30.8 Å². The number of pyridine rings is 2.